The van der Waals surface area contributed by atoms with Crippen LogP contribution in [0.5, 0.6) is 0 Å². The molecule has 7 rings (SSSR count). The van der Waals surface area contributed by atoms with Gasteiger partial charge in [0.25, 0.3) is 0 Å². The molecule has 2 heterocycles. The number of hydrogen-bond acceptors (Lipinski definition) is 1. The Bertz CT molecular complexity index is 2120. The normalized spacial score (nSPS) is 20.1. The van der Waals surface area contributed by atoms with Crippen LogP contribution in [0.1, 0.15) is 98.1 Å². The Balaban J connectivity index is 1.26. The van der Waals surface area contributed by atoms with Crippen LogP contribution in [0.3, 0.4) is 0 Å². The molecule has 4 aromatic rings. The van der Waals surface area contributed by atoms with Crippen LogP contribution < -0.4 is 4.90 Å². The number of hydrogen-bond donors (Lipinski definition) is 0. The fraction of sp³-hybridized carbons (Fsp3) is 0.383. The minimum atomic E-state index is -0.121. The Morgan fingerprint density at radius 2 is 1.48 bits per heavy atom. The van der Waals surface area contributed by atoms with Crippen molar-refractivity contribution >= 4 is 50.2 Å². The lowest BCUT2D eigenvalue weighted by Crippen LogP contribution is -2.28. The zero-order valence-electron chi connectivity index (χ0n) is 31.2. The van der Waals surface area contributed by atoms with Gasteiger partial charge in [-0.2, -0.15) is 4.58 Å². The number of benzene rings is 4. The van der Waals surface area contributed by atoms with Crippen LogP contribution in [0, 0.1) is 5.92 Å². The third-order valence-electron chi connectivity index (χ3n) is 11.5. The summed E-state index contributed by atoms with van der Waals surface area (Å²) in [6.07, 6.45) is 16.1. The van der Waals surface area contributed by atoms with E-state index in [1.165, 1.54) is 73.0 Å². The first kappa shape index (κ1) is 34.6. The van der Waals surface area contributed by atoms with Gasteiger partial charge in [0, 0.05) is 52.5 Å². The third-order valence-corrected chi connectivity index (χ3v) is 12.0. The highest BCUT2D eigenvalue weighted by molar-refractivity contribution is 6.32. The van der Waals surface area contributed by atoms with Crippen LogP contribution in [-0.2, 0) is 10.8 Å². The molecule has 2 nitrogen and oxygen atoms in total. The number of rotatable bonds is 9. The molecule has 0 N–H and O–H groups in total. The summed E-state index contributed by atoms with van der Waals surface area (Å²) in [6, 6.07) is 27.0. The maximum Gasteiger partial charge on any atom is 0.210 e. The first-order valence-corrected chi connectivity index (χ1v) is 19.4. The molecule has 0 bridgehead atoms. The molecule has 0 amide bonds. The van der Waals surface area contributed by atoms with Crippen molar-refractivity contribution < 1.29 is 4.58 Å². The lowest BCUT2D eigenvalue weighted by Gasteiger charge is -2.28. The van der Waals surface area contributed by atoms with Gasteiger partial charge in [0.2, 0.25) is 5.69 Å². The molecule has 0 fully saturated rings. The molecule has 2 aliphatic heterocycles. The first-order chi connectivity index (χ1) is 24.0. The second-order valence-corrected chi connectivity index (χ2v) is 16.5. The monoisotopic (exact) mass is 681 g/mol. The van der Waals surface area contributed by atoms with Crippen molar-refractivity contribution in [1.82, 2.24) is 0 Å². The van der Waals surface area contributed by atoms with Crippen LogP contribution in [0.25, 0.3) is 21.5 Å². The highest BCUT2D eigenvalue weighted by Crippen LogP contribution is 2.51. The van der Waals surface area contributed by atoms with E-state index in [0.29, 0.717) is 5.92 Å². The molecule has 0 saturated carbocycles. The van der Waals surface area contributed by atoms with E-state index in [-0.39, 0.29) is 10.8 Å². The second kappa shape index (κ2) is 13.7. The Morgan fingerprint density at radius 3 is 2.18 bits per heavy atom. The molecule has 0 spiro atoms. The van der Waals surface area contributed by atoms with Crippen molar-refractivity contribution in [3.63, 3.8) is 0 Å². The number of halogens is 1. The maximum atomic E-state index is 7.35. The van der Waals surface area contributed by atoms with Gasteiger partial charge in [0.15, 0.2) is 5.71 Å². The van der Waals surface area contributed by atoms with Gasteiger partial charge in [0.1, 0.15) is 6.54 Å². The van der Waals surface area contributed by atoms with E-state index >= 15 is 0 Å². The molecule has 0 saturated heterocycles. The predicted octanol–water partition coefficient (Wildman–Crippen LogP) is 13.1. The van der Waals surface area contributed by atoms with Gasteiger partial charge in [0.05, 0.1) is 5.41 Å². The SMILES string of the molecule is CCCC[N+]1=C(C=CC2=C(Cl)C(=CC=C3N(CCC(C)C)c4ccc5ccccc5c4C3(C)C)CCC2)C(C)(C)c2c1ccc1ccccc21. The lowest BCUT2D eigenvalue weighted by molar-refractivity contribution is -0.438. The maximum absolute atomic E-state index is 7.35. The van der Waals surface area contributed by atoms with Crippen molar-refractivity contribution in [2.24, 2.45) is 5.92 Å². The van der Waals surface area contributed by atoms with Gasteiger partial charge in [-0.1, -0.05) is 119 Å². The Hall–Kier alpha value is -3.88. The van der Waals surface area contributed by atoms with E-state index in [0.717, 1.165) is 50.2 Å². The van der Waals surface area contributed by atoms with Gasteiger partial charge >= 0.3 is 0 Å². The molecule has 50 heavy (non-hydrogen) atoms. The predicted molar refractivity (Wildman–Crippen MR) is 217 cm³/mol. The van der Waals surface area contributed by atoms with Gasteiger partial charge < -0.3 is 4.90 Å². The topological polar surface area (TPSA) is 6.25 Å². The molecule has 3 heteroatoms. The number of anilines is 1. The van der Waals surface area contributed by atoms with Crippen molar-refractivity contribution in [2.75, 3.05) is 18.0 Å². The van der Waals surface area contributed by atoms with Crippen LogP contribution in [0.15, 0.2) is 119 Å². The summed E-state index contributed by atoms with van der Waals surface area (Å²) < 4.78 is 2.58. The zero-order valence-corrected chi connectivity index (χ0v) is 32.0. The molecule has 0 aromatic heterocycles. The Morgan fingerprint density at radius 1 is 0.800 bits per heavy atom. The van der Waals surface area contributed by atoms with Gasteiger partial charge in [-0.3, -0.25) is 0 Å². The van der Waals surface area contributed by atoms with Crippen molar-refractivity contribution in [3.8, 4) is 0 Å². The highest BCUT2D eigenvalue weighted by atomic mass is 35.5. The van der Waals surface area contributed by atoms with E-state index in [4.69, 9.17) is 11.6 Å². The van der Waals surface area contributed by atoms with Gasteiger partial charge in [-0.15, -0.1) is 0 Å². The van der Waals surface area contributed by atoms with Crippen LogP contribution in [0.4, 0.5) is 11.4 Å². The average Bonchev–Trinajstić information content (AvgIpc) is 3.46. The van der Waals surface area contributed by atoms with Gasteiger partial charge in [-0.25, -0.2) is 0 Å². The molecule has 1 aliphatic carbocycles. The Labute approximate surface area is 305 Å². The van der Waals surface area contributed by atoms with E-state index in [9.17, 15) is 0 Å². The Kier molecular flexibility index (Phi) is 9.46. The second-order valence-electron chi connectivity index (χ2n) is 16.1. The van der Waals surface area contributed by atoms with Crippen LogP contribution in [-0.4, -0.2) is 23.4 Å². The van der Waals surface area contributed by atoms with E-state index in [1.54, 1.807) is 0 Å². The fourth-order valence-corrected chi connectivity index (χ4v) is 9.14. The largest absolute Gasteiger partial charge is 0.344 e. The lowest BCUT2D eigenvalue weighted by atomic mass is 9.78. The molecular formula is C47H54ClN2+. The smallest absolute Gasteiger partial charge is 0.210 e. The summed E-state index contributed by atoms with van der Waals surface area (Å²) in [5, 5.41) is 6.27. The first-order valence-electron chi connectivity index (χ1n) is 19.0. The average molecular weight is 682 g/mol. The molecule has 4 aromatic carbocycles. The van der Waals surface area contributed by atoms with Crippen molar-refractivity contribution in [2.45, 2.75) is 97.8 Å². The van der Waals surface area contributed by atoms with Crippen LogP contribution in [0.2, 0.25) is 0 Å². The summed E-state index contributed by atoms with van der Waals surface area (Å²) in [7, 11) is 0. The molecular weight excluding hydrogens is 628 g/mol. The number of unbranched alkanes of at least 4 members (excludes halogenated alkanes) is 1. The summed E-state index contributed by atoms with van der Waals surface area (Å²) in [5.41, 5.74) is 10.6. The number of fused-ring (bicyclic) bond motifs is 6. The van der Waals surface area contributed by atoms with Crippen molar-refractivity contribution in [3.05, 3.63) is 130 Å². The molecule has 0 radical (unpaired) electrons. The number of allylic oxidation sites excluding steroid dienone is 8. The molecule has 258 valence electrons. The van der Waals surface area contributed by atoms with Crippen LogP contribution >= 0.6 is 11.6 Å². The minimum Gasteiger partial charge on any atom is -0.344 e. The highest BCUT2D eigenvalue weighted by Gasteiger charge is 2.45. The van der Waals surface area contributed by atoms with E-state index in [2.05, 4.69) is 155 Å². The van der Waals surface area contributed by atoms with Gasteiger partial charge in [-0.05, 0) is 102 Å². The molecule has 3 aliphatic rings. The summed E-state index contributed by atoms with van der Waals surface area (Å²) in [6.45, 7) is 18.6. The number of nitrogens with zero attached hydrogens (tertiary/aromatic N) is 2. The quantitative estimate of drug-likeness (QED) is 0.159. The van der Waals surface area contributed by atoms with Crippen molar-refractivity contribution in [1.29, 1.82) is 0 Å². The minimum absolute atomic E-state index is 0.113. The van der Waals surface area contributed by atoms with E-state index in [1.807, 2.05) is 0 Å². The fourth-order valence-electron chi connectivity index (χ4n) is 8.82. The zero-order chi connectivity index (χ0) is 35.2. The standard InChI is InChI=1S/C47H54ClN2/c1-8-9-30-49-39-25-21-33-15-10-12-19-37(33)43(39)46(4,5)41(49)27-23-35-17-14-18-36(45(35)48)24-28-42-47(6,7)44-38-20-13-11-16-34(38)22-26-40(44)50(42)31-29-32(2)3/h10-13,15-16,19-28,32H,8-9,14,17-18,29-31H2,1-7H3/q+1. The third kappa shape index (κ3) is 5.98. The summed E-state index contributed by atoms with van der Waals surface area (Å²) >= 11 is 7.35. The summed E-state index contributed by atoms with van der Waals surface area (Å²) in [4.78, 5) is 2.59. The molecule has 0 atom stereocenters. The van der Waals surface area contributed by atoms with E-state index < -0.39 is 0 Å². The summed E-state index contributed by atoms with van der Waals surface area (Å²) in [5.74, 6) is 0.638. The molecule has 0 unspecified atom stereocenters.